The van der Waals surface area contributed by atoms with E-state index < -0.39 is 24.2 Å². The molecule has 0 aliphatic heterocycles. The first kappa shape index (κ1) is 21.8. The number of fused-ring (bicyclic) bond motifs is 3. The Bertz CT molecular complexity index is 836. The quantitative estimate of drug-likeness (QED) is 0.506. The van der Waals surface area contributed by atoms with Crippen LogP contribution in [0.3, 0.4) is 0 Å². The molecule has 2 aromatic carbocycles. The lowest BCUT2D eigenvalue weighted by atomic mass is 9.98. The average Bonchev–Trinajstić information content (AvgIpc) is 3.07. The molecule has 6 nitrogen and oxygen atoms in total. The van der Waals surface area contributed by atoms with Crippen LogP contribution in [0.4, 0.5) is 4.79 Å². The van der Waals surface area contributed by atoms with Gasteiger partial charge in [0.25, 0.3) is 0 Å². The van der Waals surface area contributed by atoms with Gasteiger partial charge in [-0.3, -0.25) is 0 Å². The van der Waals surface area contributed by atoms with Crippen LogP contribution in [0.1, 0.15) is 56.1 Å². The number of alkyl carbamates (subject to hydrolysis) is 1. The van der Waals surface area contributed by atoms with Crippen molar-refractivity contribution in [1.29, 1.82) is 0 Å². The Morgan fingerprint density at radius 3 is 2.17 bits per heavy atom. The van der Waals surface area contributed by atoms with Gasteiger partial charge in [-0.25, -0.2) is 9.59 Å². The number of benzene rings is 2. The molecule has 1 amide bonds. The highest BCUT2D eigenvalue weighted by Gasteiger charge is 2.31. The zero-order valence-electron chi connectivity index (χ0n) is 17.2. The number of amides is 1. The lowest BCUT2D eigenvalue weighted by Gasteiger charge is -2.21. The molecule has 30 heavy (non-hydrogen) atoms. The third-order valence-electron chi connectivity index (χ3n) is 5.62. The van der Waals surface area contributed by atoms with Gasteiger partial charge in [0, 0.05) is 5.92 Å². The van der Waals surface area contributed by atoms with Crippen LogP contribution >= 0.6 is 0 Å². The highest BCUT2D eigenvalue weighted by atomic mass is 16.5. The van der Waals surface area contributed by atoms with E-state index in [1.54, 1.807) is 0 Å². The number of rotatable bonds is 10. The predicted molar refractivity (Wildman–Crippen MR) is 114 cm³/mol. The van der Waals surface area contributed by atoms with Gasteiger partial charge in [-0.1, -0.05) is 81.1 Å². The second-order valence-electron chi connectivity index (χ2n) is 7.70. The largest absolute Gasteiger partial charge is 0.480 e. The van der Waals surface area contributed by atoms with Gasteiger partial charge in [0.05, 0.1) is 6.10 Å². The highest BCUT2D eigenvalue weighted by Crippen LogP contribution is 2.44. The molecule has 3 N–H and O–H groups in total. The number of nitrogens with one attached hydrogen (secondary N) is 1. The van der Waals surface area contributed by atoms with Crippen molar-refractivity contribution in [3.63, 3.8) is 0 Å². The summed E-state index contributed by atoms with van der Waals surface area (Å²) in [6, 6.07) is 14.6. The van der Waals surface area contributed by atoms with Crippen LogP contribution in [-0.4, -0.2) is 41.0 Å². The molecule has 0 fully saturated rings. The summed E-state index contributed by atoms with van der Waals surface area (Å²) in [5.41, 5.74) is 4.40. The minimum absolute atomic E-state index is 0.0960. The van der Waals surface area contributed by atoms with Crippen molar-refractivity contribution < 1.29 is 24.5 Å². The van der Waals surface area contributed by atoms with Crippen LogP contribution in [0.2, 0.25) is 0 Å². The molecule has 2 aromatic rings. The number of hydrogen-bond donors (Lipinski definition) is 3. The number of unbranched alkanes of at least 4 members (excludes halogenated alkanes) is 3. The number of aliphatic hydroxyl groups excluding tert-OH is 1. The monoisotopic (exact) mass is 411 g/mol. The van der Waals surface area contributed by atoms with E-state index in [-0.39, 0.29) is 12.5 Å². The fraction of sp³-hybridized carbons (Fsp3) is 0.417. The van der Waals surface area contributed by atoms with Gasteiger partial charge in [0.15, 0.2) is 6.04 Å². The number of aliphatic carboxylic acids is 1. The number of carboxylic acid groups (broad SMARTS) is 1. The predicted octanol–water partition coefficient (Wildman–Crippen LogP) is 4.31. The number of carbonyl (C=O) groups excluding carboxylic acids is 1. The second-order valence-corrected chi connectivity index (χ2v) is 7.70. The molecule has 0 aromatic heterocycles. The molecule has 0 saturated carbocycles. The first-order valence-electron chi connectivity index (χ1n) is 10.5. The Balaban J connectivity index is 1.60. The SMILES string of the molecule is CCCCCC[C@@H](O)[C@H](NC(=O)OCC1c2ccccc2-c2ccccc21)C(=O)O. The molecule has 160 valence electrons. The van der Waals surface area contributed by atoms with E-state index in [0.717, 1.165) is 41.5 Å². The molecule has 0 heterocycles. The molecule has 3 rings (SSSR count). The first-order valence-corrected chi connectivity index (χ1v) is 10.5. The Morgan fingerprint density at radius 2 is 1.60 bits per heavy atom. The summed E-state index contributed by atoms with van der Waals surface area (Å²) in [6.45, 7) is 2.17. The maximum Gasteiger partial charge on any atom is 0.407 e. The zero-order valence-corrected chi connectivity index (χ0v) is 17.2. The van der Waals surface area contributed by atoms with Crippen molar-refractivity contribution in [3.8, 4) is 11.1 Å². The van der Waals surface area contributed by atoms with Gasteiger partial charge >= 0.3 is 12.1 Å². The number of carbonyl (C=O) groups is 2. The van der Waals surface area contributed by atoms with Crippen LogP contribution < -0.4 is 5.32 Å². The fourth-order valence-corrected chi connectivity index (χ4v) is 4.04. The molecular formula is C24H29NO5. The fourth-order valence-electron chi connectivity index (χ4n) is 4.04. The molecule has 2 atom stereocenters. The van der Waals surface area contributed by atoms with Gasteiger partial charge in [0.1, 0.15) is 6.61 Å². The van der Waals surface area contributed by atoms with Crippen molar-refractivity contribution in [2.45, 2.75) is 57.1 Å². The maximum absolute atomic E-state index is 12.3. The second kappa shape index (κ2) is 10.3. The van der Waals surface area contributed by atoms with Crippen LogP contribution in [0.15, 0.2) is 48.5 Å². The van der Waals surface area contributed by atoms with E-state index >= 15 is 0 Å². The van der Waals surface area contributed by atoms with Crippen molar-refractivity contribution in [2.75, 3.05) is 6.61 Å². The standard InChI is InChI=1S/C24H29NO5/c1-2-3-4-5-14-21(26)22(23(27)28)25-24(29)30-15-20-18-12-8-6-10-16(18)17-11-7-9-13-19(17)20/h6-13,20-22,26H,2-5,14-15H2,1H3,(H,25,29)(H,27,28)/t21-,22+/m1/s1. The number of carboxylic acids is 1. The van der Waals surface area contributed by atoms with Crippen LogP contribution in [0.5, 0.6) is 0 Å². The van der Waals surface area contributed by atoms with E-state index in [1.807, 2.05) is 48.5 Å². The topological polar surface area (TPSA) is 95.9 Å². The Labute approximate surface area is 176 Å². The summed E-state index contributed by atoms with van der Waals surface area (Å²) in [5, 5.41) is 21.9. The van der Waals surface area contributed by atoms with Gasteiger partial charge in [0.2, 0.25) is 0 Å². The van der Waals surface area contributed by atoms with Crippen molar-refractivity contribution in [1.82, 2.24) is 5.32 Å². The van der Waals surface area contributed by atoms with Gasteiger partial charge in [-0.05, 0) is 28.7 Å². The number of hydrogen-bond acceptors (Lipinski definition) is 4. The molecule has 0 radical (unpaired) electrons. The van der Waals surface area contributed by atoms with Gasteiger partial charge in [-0.15, -0.1) is 0 Å². The summed E-state index contributed by atoms with van der Waals surface area (Å²) in [6.07, 6.45) is 2.05. The molecule has 1 aliphatic carbocycles. The summed E-state index contributed by atoms with van der Waals surface area (Å²) >= 11 is 0. The van der Waals surface area contributed by atoms with E-state index in [0.29, 0.717) is 12.8 Å². The van der Waals surface area contributed by atoms with E-state index in [2.05, 4.69) is 12.2 Å². The number of ether oxygens (including phenoxy) is 1. The lowest BCUT2D eigenvalue weighted by Crippen LogP contribution is -2.49. The molecule has 1 aliphatic rings. The number of aliphatic hydroxyl groups is 1. The van der Waals surface area contributed by atoms with Crippen LogP contribution in [0.25, 0.3) is 11.1 Å². The Kier molecular flexibility index (Phi) is 7.46. The minimum Gasteiger partial charge on any atom is -0.480 e. The maximum atomic E-state index is 12.3. The van der Waals surface area contributed by atoms with Crippen LogP contribution in [-0.2, 0) is 9.53 Å². The zero-order chi connectivity index (χ0) is 21.5. The molecule has 0 saturated heterocycles. The molecular weight excluding hydrogens is 382 g/mol. The van der Waals surface area contributed by atoms with Crippen molar-refractivity contribution in [3.05, 3.63) is 59.7 Å². The normalized spacial score (nSPS) is 14.5. The summed E-state index contributed by atoms with van der Waals surface area (Å²) in [7, 11) is 0. The summed E-state index contributed by atoms with van der Waals surface area (Å²) in [5.74, 6) is -1.38. The summed E-state index contributed by atoms with van der Waals surface area (Å²) in [4.78, 5) is 23.8. The summed E-state index contributed by atoms with van der Waals surface area (Å²) < 4.78 is 5.39. The third kappa shape index (κ3) is 5.00. The molecule has 6 heteroatoms. The van der Waals surface area contributed by atoms with E-state index in [1.165, 1.54) is 0 Å². The minimum atomic E-state index is -1.39. The highest BCUT2D eigenvalue weighted by molar-refractivity contribution is 5.81. The third-order valence-corrected chi connectivity index (χ3v) is 5.62. The Morgan fingerprint density at radius 1 is 1.00 bits per heavy atom. The molecule has 0 bridgehead atoms. The molecule has 0 unspecified atom stereocenters. The molecule has 0 spiro atoms. The lowest BCUT2D eigenvalue weighted by molar-refractivity contribution is -0.142. The van der Waals surface area contributed by atoms with Crippen molar-refractivity contribution in [2.24, 2.45) is 0 Å². The smallest absolute Gasteiger partial charge is 0.407 e. The van der Waals surface area contributed by atoms with Gasteiger partial charge in [-0.2, -0.15) is 0 Å². The Hall–Kier alpha value is -2.86. The average molecular weight is 411 g/mol. The van der Waals surface area contributed by atoms with Gasteiger partial charge < -0.3 is 20.3 Å². The first-order chi connectivity index (χ1) is 14.5. The van der Waals surface area contributed by atoms with E-state index in [4.69, 9.17) is 4.74 Å². The van der Waals surface area contributed by atoms with Crippen LogP contribution in [0, 0.1) is 0 Å². The van der Waals surface area contributed by atoms with E-state index in [9.17, 15) is 19.8 Å². The van der Waals surface area contributed by atoms with Crippen molar-refractivity contribution >= 4 is 12.1 Å².